The van der Waals surface area contributed by atoms with Crippen molar-refractivity contribution < 1.29 is 44.3 Å². The average molecular weight is 281 g/mol. The van der Waals surface area contributed by atoms with Gasteiger partial charge in [0, 0.05) is 0 Å². The van der Waals surface area contributed by atoms with Crippen LogP contribution in [0.25, 0.3) is 0 Å². The van der Waals surface area contributed by atoms with Gasteiger partial charge in [0.15, 0.2) is 0 Å². The lowest BCUT2D eigenvalue weighted by Crippen LogP contribution is -2.48. The molecular weight excluding hydrogens is 266 g/mol. The first-order valence-electron chi connectivity index (χ1n) is 4.68. The van der Waals surface area contributed by atoms with Crippen LogP contribution in [-0.2, 0) is 23.9 Å². The topological polar surface area (TPSA) is 193 Å². The van der Waals surface area contributed by atoms with Crippen LogP contribution < -0.4 is 6.15 Å². The number of aliphatic hydroxyl groups excluding tert-OH is 1. The van der Waals surface area contributed by atoms with Crippen molar-refractivity contribution in [2.75, 3.05) is 0 Å². The first kappa shape index (κ1) is 19.1. The van der Waals surface area contributed by atoms with E-state index in [9.17, 15) is 19.2 Å². The molecule has 1 unspecified atom stereocenters. The van der Waals surface area contributed by atoms with Crippen molar-refractivity contribution in [3.8, 4) is 0 Å². The van der Waals surface area contributed by atoms with Gasteiger partial charge in [-0.2, -0.15) is 0 Å². The summed E-state index contributed by atoms with van der Waals surface area (Å²) in [6, 6.07) is 0. The molecule has 0 aliphatic rings. The Morgan fingerprint density at radius 2 is 1.42 bits per heavy atom. The largest absolute Gasteiger partial charge is 0.481 e. The molecule has 1 atom stereocenters. The van der Waals surface area contributed by atoms with Crippen molar-refractivity contribution in [1.29, 1.82) is 0 Å². The highest BCUT2D eigenvalue weighted by atomic mass is 16.6. The molecule has 0 aliphatic heterocycles. The lowest BCUT2D eigenvalue weighted by Gasteiger charge is -2.26. The minimum Gasteiger partial charge on any atom is -0.481 e. The van der Waals surface area contributed by atoms with Crippen LogP contribution in [0.15, 0.2) is 0 Å². The lowest BCUT2D eigenvalue weighted by atomic mass is 9.95. The zero-order valence-electron chi connectivity index (χ0n) is 10.0. The number of esters is 1. The van der Waals surface area contributed by atoms with Crippen LogP contribution in [0.4, 0.5) is 0 Å². The average Bonchev–Trinajstić information content (AvgIpc) is 2.14. The van der Waals surface area contributed by atoms with E-state index in [2.05, 4.69) is 4.74 Å². The molecule has 0 bridgehead atoms. The Labute approximate surface area is 107 Å². The van der Waals surface area contributed by atoms with E-state index >= 15 is 0 Å². The first-order chi connectivity index (χ1) is 8.10. The number of carboxylic acids is 3. The summed E-state index contributed by atoms with van der Waals surface area (Å²) in [6.45, 7) is 0.969. The highest BCUT2D eigenvalue weighted by molar-refractivity contribution is 5.91. The number of hydrogen-bond donors (Lipinski definition) is 5. The van der Waals surface area contributed by atoms with Crippen LogP contribution in [0.5, 0.6) is 0 Å². The molecule has 10 heteroatoms. The number of aliphatic carboxylic acids is 3. The van der Waals surface area contributed by atoms with Crippen LogP contribution in [0, 0.1) is 0 Å². The van der Waals surface area contributed by atoms with Crippen LogP contribution in [0.3, 0.4) is 0 Å². The Balaban J connectivity index is 0. The molecular formula is C9H15NO9. The fourth-order valence-corrected chi connectivity index (χ4v) is 1.10. The molecule has 0 aliphatic carbocycles. The van der Waals surface area contributed by atoms with Crippen LogP contribution in [0.2, 0.25) is 0 Å². The number of carbonyl (C=O) groups excluding carboxylic acids is 1. The van der Waals surface area contributed by atoms with Gasteiger partial charge in [-0.25, -0.2) is 9.59 Å². The smallest absolute Gasteiger partial charge is 0.349 e. The number of hydrogen-bond acceptors (Lipinski definition) is 7. The third-order valence-electron chi connectivity index (χ3n) is 1.90. The third-order valence-corrected chi connectivity index (χ3v) is 1.90. The molecule has 0 fully saturated rings. The van der Waals surface area contributed by atoms with Crippen molar-refractivity contribution in [2.24, 2.45) is 0 Å². The minimum atomic E-state index is -2.74. The van der Waals surface area contributed by atoms with Gasteiger partial charge < -0.3 is 31.3 Å². The van der Waals surface area contributed by atoms with Crippen molar-refractivity contribution in [3.63, 3.8) is 0 Å². The molecule has 0 spiro atoms. The van der Waals surface area contributed by atoms with Crippen LogP contribution in [0.1, 0.15) is 19.8 Å². The van der Waals surface area contributed by atoms with Crippen LogP contribution >= 0.6 is 0 Å². The second-order valence-electron chi connectivity index (χ2n) is 3.54. The van der Waals surface area contributed by atoms with Crippen molar-refractivity contribution in [2.45, 2.75) is 31.5 Å². The molecule has 0 amide bonds. The molecule has 0 aromatic rings. The van der Waals surface area contributed by atoms with Gasteiger partial charge in [-0.05, 0) is 6.92 Å². The maximum absolute atomic E-state index is 11.1. The molecule has 0 aromatic carbocycles. The van der Waals surface area contributed by atoms with Crippen LogP contribution in [-0.4, -0.2) is 56.0 Å². The summed E-state index contributed by atoms with van der Waals surface area (Å²) in [4.78, 5) is 43.2. The van der Waals surface area contributed by atoms with Gasteiger partial charge in [0.2, 0.25) is 5.60 Å². The summed E-state index contributed by atoms with van der Waals surface area (Å²) in [7, 11) is 0. The highest BCUT2D eigenvalue weighted by Gasteiger charge is 2.47. The van der Waals surface area contributed by atoms with Gasteiger partial charge in [-0.15, -0.1) is 0 Å². The second kappa shape index (κ2) is 7.28. The molecule has 19 heavy (non-hydrogen) atoms. The summed E-state index contributed by atoms with van der Waals surface area (Å²) < 4.78 is 4.33. The summed E-state index contributed by atoms with van der Waals surface area (Å²) >= 11 is 0. The van der Waals surface area contributed by atoms with E-state index in [1.54, 1.807) is 0 Å². The number of carbonyl (C=O) groups is 4. The van der Waals surface area contributed by atoms with Gasteiger partial charge in [-0.3, -0.25) is 9.59 Å². The molecule has 0 aromatic heterocycles. The van der Waals surface area contributed by atoms with Crippen molar-refractivity contribution in [3.05, 3.63) is 0 Å². The molecule has 110 valence electrons. The zero-order chi connectivity index (χ0) is 14.5. The Morgan fingerprint density at radius 3 is 1.63 bits per heavy atom. The van der Waals surface area contributed by atoms with E-state index in [1.807, 2.05) is 0 Å². The number of rotatable bonds is 7. The minimum absolute atomic E-state index is 0. The Bertz CT molecular complexity index is 360. The van der Waals surface area contributed by atoms with Crippen molar-refractivity contribution in [1.82, 2.24) is 6.15 Å². The van der Waals surface area contributed by atoms with E-state index < -0.39 is 48.4 Å². The Kier molecular flexibility index (Phi) is 7.34. The molecule has 10 nitrogen and oxygen atoms in total. The molecule has 0 heterocycles. The van der Waals surface area contributed by atoms with E-state index in [1.165, 1.54) is 0 Å². The van der Waals surface area contributed by atoms with Gasteiger partial charge >= 0.3 is 23.9 Å². The maximum Gasteiger partial charge on any atom is 0.349 e. The summed E-state index contributed by atoms with van der Waals surface area (Å²) in [5, 5.41) is 34.8. The number of aliphatic hydroxyl groups is 1. The van der Waals surface area contributed by atoms with Gasteiger partial charge in [0.25, 0.3) is 0 Å². The van der Waals surface area contributed by atoms with Gasteiger partial charge in [0.1, 0.15) is 6.10 Å². The SMILES string of the molecule is CC(O)C(=O)OC(CC(=O)O)(CC(=O)O)C(=O)O.N. The molecule has 7 N–H and O–H groups in total. The molecule has 0 rings (SSSR count). The predicted molar refractivity (Wildman–Crippen MR) is 57.7 cm³/mol. The van der Waals surface area contributed by atoms with E-state index in [4.69, 9.17) is 20.4 Å². The summed E-state index contributed by atoms with van der Waals surface area (Å²) in [6.07, 6.45) is -4.16. The standard InChI is InChI=1S/C9H12O9.H3N/c1-4(10)7(15)18-9(8(16)17,2-5(11)12)3-6(13)14;/h4,10H,2-3H2,1H3,(H,11,12)(H,13,14)(H,16,17);1H3. The third kappa shape index (κ3) is 5.79. The summed E-state index contributed by atoms with van der Waals surface area (Å²) in [5.41, 5.74) is -2.74. The van der Waals surface area contributed by atoms with Gasteiger partial charge in [-0.1, -0.05) is 0 Å². The fraction of sp³-hybridized carbons (Fsp3) is 0.556. The quantitative estimate of drug-likeness (QED) is 0.355. The van der Waals surface area contributed by atoms with E-state index in [-0.39, 0.29) is 6.15 Å². The highest BCUT2D eigenvalue weighted by Crippen LogP contribution is 2.23. The predicted octanol–water partition coefficient (Wildman–Crippen LogP) is -1.15. The monoisotopic (exact) mass is 281 g/mol. The lowest BCUT2D eigenvalue weighted by molar-refractivity contribution is -0.190. The van der Waals surface area contributed by atoms with Crippen molar-refractivity contribution >= 4 is 23.9 Å². The normalized spacial score (nSPS) is 11.9. The molecule has 0 saturated heterocycles. The number of carboxylic acid groups (broad SMARTS) is 3. The first-order valence-corrected chi connectivity index (χ1v) is 4.68. The Hall–Kier alpha value is -2.20. The molecule has 0 radical (unpaired) electrons. The second-order valence-corrected chi connectivity index (χ2v) is 3.54. The van der Waals surface area contributed by atoms with E-state index in [0.29, 0.717) is 0 Å². The number of ether oxygens (including phenoxy) is 1. The maximum atomic E-state index is 11.1. The summed E-state index contributed by atoms with van der Waals surface area (Å²) in [5.74, 6) is -6.64. The van der Waals surface area contributed by atoms with E-state index in [0.717, 1.165) is 6.92 Å². The fourth-order valence-electron chi connectivity index (χ4n) is 1.10. The zero-order valence-corrected chi connectivity index (χ0v) is 10.0. The molecule has 0 saturated carbocycles. The van der Waals surface area contributed by atoms with Gasteiger partial charge in [0.05, 0.1) is 12.8 Å². The Morgan fingerprint density at radius 1 is 1.05 bits per heavy atom.